The molecule has 0 aromatic rings. The molecule has 1 atom stereocenters. The molecule has 0 saturated carbocycles. The summed E-state index contributed by atoms with van der Waals surface area (Å²) >= 11 is 0. The van der Waals surface area contributed by atoms with Crippen molar-refractivity contribution >= 4 is 15.8 Å². The molecule has 4 nitrogen and oxygen atoms in total. The second kappa shape index (κ2) is 5.30. The maximum Gasteiger partial charge on any atom is 0.313 e. The lowest BCUT2D eigenvalue weighted by Gasteiger charge is -2.19. The fourth-order valence-electron chi connectivity index (χ4n) is 1.10. The van der Waals surface area contributed by atoms with Gasteiger partial charge in [0.2, 0.25) is 0 Å². The van der Waals surface area contributed by atoms with Gasteiger partial charge in [-0.1, -0.05) is 13.0 Å². The second-order valence-electron chi connectivity index (χ2n) is 3.77. The van der Waals surface area contributed by atoms with Gasteiger partial charge < -0.3 is 5.11 Å². The predicted octanol–water partition coefficient (Wildman–Crippen LogP) is 1.48. The number of carbonyl (C=O) groups is 1. The highest BCUT2D eigenvalue weighted by Gasteiger charge is 2.29. The van der Waals surface area contributed by atoms with E-state index in [0.29, 0.717) is 12.8 Å². The van der Waals surface area contributed by atoms with Crippen molar-refractivity contribution in [2.75, 3.05) is 11.5 Å². The number of hydrogen-bond donors (Lipinski definition) is 1. The van der Waals surface area contributed by atoms with E-state index in [4.69, 9.17) is 5.11 Å². The Kier molecular flexibility index (Phi) is 5.00. The van der Waals surface area contributed by atoms with E-state index in [1.807, 2.05) is 0 Å². The van der Waals surface area contributed by atoms with Gasteiger partial charge in [0.1, 0.15) is 9.84 Å². The normalized spacial score (nSPS) is 15.6. The van der Waals surface area contributed by atoms with Gasteiger partial charge in [-0.15, -0.1) is 6.58 Å². The topological polar surface area (TPSA) is 71.4 Å². The Hall–Kier alpha value is -0.840. The van der Waals surface area contributed by atoms with Crippen molar-refractivity contribution in [2.45, 2.75) is 26.7 Å². The Morgan fingerprint density at radius 3 is 2.40 bits per heavy atom. The predicted molar refractivity (Wildman–Crippen MR) is 59.5 cm³/mol. The summed E-state index contributed by atoms with van der Waals surface area (Å²) in [6, 6.07) is 0. The van der Waals surface area contributed by atoms with Gasteiger partial charge in [0.05, 0.1) is 11.2 Å². The van der Waals surface area contributed by atoms with E-state index in [1.165, 1.54) is 6.08 Å². The Morgan fingerprint density at radius 2 is 2.07 bits per heavy atom. The van der Waals surface area contributed by atoms with Crippen LogP contribution in [0.15, 0.2) is 12.7 Å². The lowest BCUT2D eigenvalue weighted by molar-refractivity contribution is -0.145. The third-order valence-electron chi connectivity index (χ3n) is 2.53. The summed E-state index contributed by atoms with van der Waals surface area (Å²) in [5.41, 5.74) is -1.02. The zero-order valence-corrected chi connectivity index (χ0v) is 10.0. The molecule has 15 heavy (non-hydrogen) atoms. The largest absolute Gasteiger partial charge is 0.481 e. The van der Waals surface area contributed by atoms with E-state index < -0.39 is 21.2 Å². The van der Waals surface area contributed by atoms with E-state index in [1.54, 1.807) is 13.8 Å². The van der Waals surface area contributed by atoms with Gasteiger partial charge in [-0.2, -0.15) is 0 Å². The zero-order chi connectivity index (χ0) is 12.1. The van der Waals surface area contributed by atoms with Crippen molar-refractivity contribution in [3.05, 3.63) is 12.7 Å². The summed E-state index contributed by atoms with van der Waals surface area (Å²) < 4.78 is 22.3. The summed E-state index contributed by atoms with van der Waals surface area (Å²) in [6.45, 7) is 6.58. The van der Waals surface area contributed by atoms with Gasteiger partial charge in [0.25, 0.3) is 0 Å². The van der Waals surface area contributed by atoms with Crippen LogP contribution in [0.4, 0.5) is 0 Å². The first kappa shape index (κ1) is 14.2. The van der Waals surface area contributed by atoms with Crippen molar-refractivity contribution in [1.29, 1.82) is 0 Å². The Bertz CT molecular complexity index is 331. The highest BCUT2D eigenvalue weighted by molar-refractivity contribution is 7.91. The molecule has 0 aliphatic heterocycles. The molecule has 0 aromatic carbocycles. The molecule has 5 heteroatoms. The Balaban J connectivity index is 4.27. The summed E-state index contributed by atoms with van der Waals surface area (Å²) in [4.78, 5) is 10.9. The fraction of sp³-hybridized carbons (Fsp3) is 0.700. The van der Waals surface area contributed by atoms with Gasteiger partial charge >= 0.3 is 5.97 Å². The maximum atomic E-state index is 11.2. The average Bonchev–Trinajstić information content (AvgIpc) is 2.17. The highest BCUT2D eigenvalue weighted by atomic mass is 32.2. The van der Waals surface area contributed by atoms with Crippen LogP contribution < -0.4 is 0 Å². The van der Waals surface area contributed by atoms with E-state index in [9.17, 15) is 13.2 Å². The van der Waals surface area contributed by atoms with Crippen molar-refractivity contribution in [1.82, 2.24) is 0 Å². The number of sulfone groups is 1. The Morgan fingerprint density at radius 1 is 1.53 bits per heavy atom. The monoisotopic (exact) mass is 234 g/mol. The highest BCUT2D eigenvalue weighted by Crippen LogP contribution is 2.25. The molecule has 0 aromatic heterocycles. The molecule has 1 unspecified atom stereocenters. The number of aliphatic carboxylic acids is 1. The molecule has 0 radical (unpaired) electrons. The van der Waals surface area contributed by atoms with Crippen LogP contribution in [0, 0.1) is 5.41 Å². The van der Waals surface area contributed by atoms with Crippen LogP contribution >= 0.6 is 0 Å². The van der Waals surface area contributed by atoms with Crippen LogP contribution in [0.3, 0.4) is 0 Å². The molecule has 0 bridgehead atoms. The van der Waals surface area contributed by atoms with Gasteiger partial charge in [-0.3, -0.25) is 4.79 Å². The average molecular weight is 234 g/mol. The SMILES string of the molecule is C=CC(C)(CCCS(=O)(=O)CC)C(=O)O. The third-order valence-corrected chi connectivity index (χ3v) is 4.32. The minimum absolute atomic E-state index is 0.0419. The molecule has 0 spiro atoms. The van der Waals surface area contributed by atoms with Crippen LogP contribution in [-0.2, 0) is 14.6 Å². The summed E-state index contributed by atoms with van der Waals surface area (Å²) in [5.74, 6) is -0.822. The molecule has 0 rings (SSSR count). The standard InChI is InChI=1S/C10H18O4S/c1-4-10(3,9(11)12)7-6-8-15(13,14)5-2/h4H,1,5-8H2,2-3H3,(H,11,12). The first-order chi connectivity index (χ1) is 6.77. The fourth-order valence-corrected chi connectivity index (χ4v) is 1.97. The van der Waals surface area contributed by atoms with Crippen molar-refractivity contribution < 1.29 is 18.3 Å². The Labute approximate surface area is 90.9 Å². The van der Waals surface area contributed by atoms with Crippen LogP contribution in [0.25, 0.3) is 0 Å². The third kappa shape index (κ3) is 4.46. The van der Waals surface area contributed by atoms with Gasteiger partial charge in [0, 0.05) is 5.75 Å². The number of rotatable bonds is 7. The molecule has 0 saturated heterocycles. The molecule has 0 amide bonds. The zero-order valence-electron chi connectivity index (χ0n) is 9.19. The molecule has 0 fully saturated rings. The maximum absolute atomic E-state index is 11.2. The smallest absolute Gasteiger partial charge is 0.313 e. The number of carboxylic acid groups (broad SMARTS) is 1. The molecule has 0 aliphatic carbocycles. The van der Waals surface area contributed by atoms with Crippen LogP contribution in [0.2, 0.25) is 0 Å². The lowest BCUT2D eigenvalue weighted by atomic mass is 9.86. The first-order valence-electron chi connectivity index (χ1n) is 4.85. The van der Waals surface area contributed by atoms with Crippen LogP contribution in [-0.4, -0.2) is 31.0 Å². The molecule has 0 heterocycles. The molecule has 88 valence electrons. The summed E-state index contributed by atoms with van der Waals surface area (Å²) in [7, 11) is -3.00. The summed E-state index contributed by atoms with van der Waals surface area (Å²) in [6.07, 6.45) is 2.00. The number of carboxylic acids is 1. The minimum atomic E-state index is -3.00. The van der Waals surface area contributed by atoms with E-state index in [2.05, 4.69) is 6.58 Å². The van der Waals surface area contributed by atoms with Crippen molar-refractivity contribution in [3.63, 3.8) is 0 Å². The first-order valence-corrected chi connectivity index (χ1v) is 6.67. The second-order valence-corrected chi connectivity index (χ2v) is 6.24. The van der Waals surface area contributed by atoms with Gasteiger partial charge in [-0.25, -0.2) is 8.42 Å². The minimum Gasteiger partial charge on any atom is -0.481 e. The van der Waals surface area contributed by atoms with E-state index in [-0.39, 0.29) is 11.5 Å². The van der Waals surface area contributed by atoms with E-state index in [0.717, 1.165) is 0 Å². The molecule has 1 N–H and O–H groups in total. The van der Waals surface area contributed by atoms with Gasteiger partial charge in [-0.05, 0) is 19.8 Å². The quantitative estimate of drug-likeness (QED) is 0.677. The summed E-state index contributed by atoms with van der Waals surface area (Å²) in [5, 5.41) is 8.90. The van der Waals surface area contributed by atoms with Crippen LogP contribution in [0.1, 0.15) is 26.7 Å². The molecular formula is C10H18O4S. The molecule has 0 aliphatic rings. The van der Waals surface area contributed by atoms with Gasteiger partial charge in [0.15, 0.2) is 0 Å². The lowest BCUT2D eigenvalue weighted by Crippen LogP contribution is -2.25. The molecular weight excluding hydrogens is 216 g/mol. The van der Waals surface area contributed by atoms with Crippen molar-refractivity contribution in [2.24, 2.45) is 5.41 Å². The van der Waals surface area contributed by atoms with Crippen molar-refractivity contribution in [3.8, 4) is 0 Å². The van der Waals surface area contributed by atoms with E-state index >= 15 is 0 Å². The number of hydrogen-bond acceptors (Lipinski definition) is 3. The van der Waals surface area contributed by atoms with Crippen LogP contribution in [0.5, 0.6) is 0 Å².